The summed E-state index contributed by atoms with van der Waals surface area (Å²) in [7, 11) is 0. The molecule has 0 saturated carbocycles. The zero-order valence-electron chi connectivity index (χ0n) is 18.2. The number of carbonyl (C=O) groups excluding carboxylic acids is 1. The Balaban J connectivity index is 1.51. The Morgan fingerprint density at radius 2 is 1.70 bits per heavy atom. The monoisotopic (exact) mass is 483 g/mol. The molecule has 0 spiro atoms. The van der Waals surface area contributed by atoms with E-state index in [2.05, 4.69) is 31.9 Å². The Kier molecular flexibility index (Phi) is 6.79. The molecule has 33 heavy (non-hydrogen) atoms. The highest BCUT2D eigenvalue weighted by Crippen LogP contribution is 2.32. The van der Waals surface area contributed by atoms with Crippen molar-refractivity contribution in [1.82, 2.24) is 24.8 Å². The number of hydrogen-bond acceptors (Lipinski definition) is 9. The second kappa shape index (κ2) is 10.1. The minimum Gasteiger partial charge on any atom is -0.616 e. The fraction of sp³-hybridized carbons (Fsp3) is 0.409. The normalized spacial score (nSPS) is 17.5. The lowest BCUT2D eigenvalue weighted by Crippen LogP contribution is -2.46. The van der Waals surface area contributed by atoms with E-state index < -0.39 is 11.2 Å². The molecule has 11 heteroatoms. The third-order valence-corrected chi connectivity index (χ3v) is 8.19. The van der Waals surface area contributed by atoms with Crippen LogP contribution in [0.25, 0.3) is 11.0 Å². The Morgan fingerprint density at radius 1 is 0.939 bits per heavy atom. The molecule has 2 aliphatic rings. The third-order valence-electron chi connectivity index (χ3n) is 5.86. The smallest absolute Gasteiger partial charge is 0.228 e. The predicted octanol–water partition coefficient (Wildman–Crippen LogP) is 1.56. The number of carbonyl (C=O) groups is 1. The summed E-state index contributed by atoms with van der Waals surface area (Å²) < 4.78 is 11.9. The van der Waals surface area contributed by atoms with E-state index in [0.29, 0.717) is 56.7 Å². The minimum absolute atomic E-state index is 0.625. The van der Waals surface area contributed by atoms with Gasteiger partial charge in [-0.3, -0.25) is 4.79 Å². The molecule has 172 valence electrons. The summed E-state index contributed by atoms with van der Waals surface area (Å²) in [5, 5.41) is 0.820. The fourth-order valence-electron chi connectivity index (χ4n) is 3.97. The van der Waals surface area contributed by atoms with Crippen molar-refractivity contribution in [2.24, 2.45) is 0 Å². The largest absolute Gasteiger partial charge is 0.616 e. The second-order valence-corrected chi connectivity index (χ2v) is 10.6. The van der Waals surface area contributed by atoms with E-state index in [1.807, 2.05) is 18.2 Å². The number of thioether (sulfide) groups is 1. The molecule has 0 bridgehead atoms. The molecule has 2 saturated heterocycles. The van der Waals surface area contributed by atoms with Gasteiger partial charge in [0, 0.05) is 31.9 Å². The van der Waals surface area contributed by atoms with Gasteiger partial charge in [0.25, 0.3) is 0 Å². The molecule has 2 aliphatic heterocycles. The highest BCUT2D eigenvalue weighted by molar-refractivity contribution is 7.98. The number of amides is 1. The number of rotatable bonds is 6. The van der Waals surface area contributed by atoms with Crippen molar-refractivity contribution >= 4 is 52.1 Å². The molecule has 9 nitrogen and oxygen atoms in total. The van der Waals surface area contributed by atoms with E-state index in [1.54, 1.807) is 23.0 Å². The van der Waals surface area contributed by atoms with Crippen molar-refractivity contribution in [3.8, 4) is 0 Å². The Hall–Kier alpha value is -2.63. The highest BCUT2D eigenvalue weighted by atomic mass is 32.2. The molecule has 1 aromatic carbocycles. The molecular weight excluding hydrogens is 458 g/mol. The van der Waals surface area contributed by atoms with Gasteiger partial charge < -0.3 is 19.3 Å². The lowest BCUT2D eigenvalue weighted by atomic mass is 10.2. The summed E-state index contributed by atoms with van der Waals surface area (Å²) in [5.74, 6) is 3.43. The summed E-state index contributed by atoms with van der Waals surface area (Å²) in [6, 6.07) is 10.3. The lowest BCUT2D eigenvalue weighted by Gasteiger charge is -2.34. The average Bonchev–Trinajstić information content (AvgIpc) is 2.88. The van der Waals surface area contributed by atoms with Gasteiger partial charge in [-0.1, -0.05) is 53.3 Å². The Labute approximate surface area is 199 Å². The zero-order valence-corrected chi connectivity index (χ0v) is 19.8. The van der Waals surface area contributed by atoms with Crippen LogP contribution in [0.15, 0.2) is 41.7 Å². The van der Waals surface area contributed by atoms with Crippen LogP contribution in [-0.2, 0) is 21.7 Å². The Morgan fingerprint density at radius 3 is 2.42 bits per heavy atom. The summed E-state index contributed by atoms with van der Waals surface area (Å²) >= 11 is 0.854. The first kappa shape index (κ1) is 22.2. The van der Waals surface area contributed by atoms with Crippen LogP contribution in [-0.4, -0.2) is 86.6 Å². The summed E-state index contributed by atoms with van der Waals surface area (Å²) in [6.45, 7) is 3.98. The van der Waals surface area contributed by atoms with E-state index in [0.717, 1.165) is 34.0 Å². The summed E-state index contributed by atoms with van der Waals surface area (Å²) in [6.07, 6.45) is 2.47. The van der Waals surface area contributed by atoms with Gasteiger partial charge in [-0.05, 0) is 5.56 Å². The SMILES string of the molecule is O=CN1CCN(c2nc(N3CC[S+]([O-])CC3)c3ncnc(SCc4ccccc4)c3n2)CC1. The van der Waals surface area contributed by atoms with Crippen LogP contribution in [0.5, 0.6) is 0 Å². The van der Waals surface area contributed by atoms with Gasteiger partial charge in [0.1, 0.15) is 33.9 Å². The zero-order chi connectivity index (χ0) is 22.6. The molecule has 5 rings (SSSR count). The first-order chi connectivity index (χ1) is 16.2. The van der Waals surface area contributed by atoms with Crippen molar-refractivity contribution in [3.63, 3.8) is 0 Å². The van der Waals surface area contributed by atoms with Crippen LogP contribution in [0, 0.1) is 0 Å². The maximum Gasteiger partial charge on any atom is 0.228 e. The van der Waals surface area contributed by atoms with Crippen LogP contribution in [0.2, 0.25) is 0 Å². The van der Waals surface area contributed by atoms with Gasteiger partial charge in [0.15, 0.2) is 5.82 Å². The number of fused-ring (bicyclic) bond motifs is 1. The first-order valence-corrected chi connectivity index (χ1v) is 13.4. The standard InChI is InChI=1S/C22H25N7O2S2/c30-16-27-6-8-29(9-7-27)22-25-19-18(20(26-22)28-10-12-33(31)13-11-28)23-15-24-21(19)32-14-17-4-2-1-3-5-17/h1-5,15-16H,6-14H2. The molecule has 1 amide bonds. The van der Waals surface area contributed by atoms with Crippen LogP contribution < -0.4 is 9.80 Å². The van der Waals surface area contributed by atoms with Gasteiger partial charge in [0.2, 0.25) is 12.4 Å². The summed E-state index contributed by atoms with van der Waals surface area (Å²) in [4.78, 5) is 36.1. The minimum atomic E-state index is -0.783. The van der Waals surface area contributed by atoms with Crippen LogP contribution in [0.4, 0.5) is 11.8 Å². The maximum absolute atomic E-state index is 11.9. The van der Waals surface area contributed by atoms with Crippen molar-refractivity contribution in [2.75, 3.05) is 60.6 Å². The first-order valence-electron chi connectivity index (χ1n) is 10.9. The molecule has 4 heterocycles. The number of anilines is 2. The van der Waals surface area contributed by atoms with Crippen molar-refractivity contribution in [2.45, 2.75) is 10.8 Å². The number of hydrogen-bond donors (Lipinski definition) is 0. The van der Waals surface area contributed by atoms with Gasteiger partial charge in [-0.25, -0.2) is 15.0 Å². The van der Waals surface area contributed by atoms with Gasteiger partial charge in [-0.2, -0.15) is 4.98 Å². The van der Waals surface area contributed by atoms with E-state index in [4.69, 9.17) is 9.97 Å². The average molecular weight is 484 g/mol. The second-order valence-electron chi connectivity index (χ2n) is 7.96. The van der Waals surface area contributed by atoms with Crippen LogP contribution in [0.3, 0.4) is 0 Å². The molecule has 3 aromatic rings. The molecule has 0 aliphatic carbocycles. The molecule has 0 atom stereocenters. The fourth-order valence-corrected chi connectivity index (χ4v) is 5.92. The molecule has 0 unspecified atom stereocenters. The number of benzene rings is 1. The summed E-state index contributed by atoms with van der Waals surface area (Å²) in [5.41, 5.74) is 2.68. The van der Waals surface area contributed by atoms with Crippen LogP contribution >= 0.6 is 11.8 Å². The number of aromatic nitrogens is 4. The van der Waals surface area contributed by atoms with Crippen molar-refractivity contribution < 1.29 is 9.35 Å². The molecule has 0 radical (unpaired) electrons. The van der Waals surface area contributed by atoms with E-state index in [1.165, 1.54) is 5.56 Å². The van der Waals surface area contributed by atoms with Gasteiger partial charge in [0.05, 0.1) is 13.1 Å². The maximum atomic E-state index is 11.9. The number of piperazine rings is 1. The topological polar surface area (TPSA) is 101 Å². The Bertz CT molecular complexity index is 1100. The van der Waals surface area contributed by atoms with E-state index in [9.17, 15) is 9.35 Å². The number of nitrogens with zero attached hydrogens (tertiary/aromatic N) is 7. The van der Waals surface area contributed by atoms with E-state index >= 15 is 0 Å². The van der Waals surface area contributed by atoms with Gasteiger partial charge in [-0.15, -0.1) is 0 Å². The highest BCUT2D eigenvalue weighted by Gasteiger charge is 2.27. The van der Waals surface area contributed by atoms with Crippen molar-refractivity contribution in [3.05, 3.63) is 42.2 Å². The molecule has 2 fully saturated rings. The van der Waals surface area contributed by atoms with E-state index in [-0.39, 0.29) is 0 Å². The van der Waals surface area contributed by atoms with Crippen molar-refractivity contribution in [1.29, 1.82) is 0 Å². The molecular formula is C22H25N7O2S2. The quantitative estimate of drug-likeness (QED) is 0.224. The lowest BCUT2D eigenvalue weighted by molar-refractivity contribution is -0.118. The molecule has 0 N–H and O–H groups in total. The van der Waals surface area contributed by atoms with Gasteiger partial charge >= 0.3 is 0 Å². The van der Waals surface area contributed by atoms with Crippen LogP contribution in [0.1, 0.15) is 5.56 Å². The molecule has 2 aromatic heterocycles. The predicted molar refractivity (Wildman–Crippen MR) is 131 cm³/mol. The third kappa shape index (κ3) is 4.99.